The van der Waals surface area contributed by atoms with Crippen molar-refractivity contribution in [2.45, 2.75) is 39.8 Å². The van der Waals surface area contributed by atoms with Gasteiger partial charge in [-0.2, -0.15) is 0 Å². The number of benzene rings is 1. The van der Waals surface area contributed by atoms with Gasteiger partial charge in [-0.25, -0.2) is 0 Å². The van der Waals surface area contributed by atoms with Gasteiger partial charge in [-0.1, -0.05) is 38.1 Å². The average Bonchev–Trinajstić information content (AvgIpc) is 2.87. The van der Waals surface area contributed by atoms with Crippen molar-refractivity contribution in [2.24, 2.45) is 0 Å². The van der Waals surface area contributed by atoms with Crippen LogP contribution in [0.3, 0.4) is 0 Å². The molecule has 0 aliphatic rings. The van der Waals surface area contributed by atoms with Gasteiger partial charge in [0, 0.05) is 25.0 Å². The minimum atomic E-state index is 0.475. The van der Waals surface area contributed by atoms with Gasteiger partial charge in [0.15, 0.2) is 0 Å². The molecular formula is C17H24N2. The third kappa shape index (κ3) is 3.48. The highest BCUT2D eigenvalue weighted by molar-refractivity contribution is 5.26. The highest BCUT2D eigenvalue weighted by Gasteiger charge is 2.09. The number of nitrogens with one attached hydrogen (secondary N) is 1. The van der Waals surface area contributed by atoms with Gasteiger partial charge in [-0.05, 0) is 42.6 Å². The lowest BCUT2D eigenvalue weighted by atomic mass is 10.1. The van der Waals surface area contributed by atoms with Crippen LogP contribution in [0.5, 0.6) is 0 Å². The van der Waals surface area contributed by atoms with Crippen molar-refractivity contribution >= 4 is 0 Å². The predicted molar refractivity (Wildman–Crippen MR) is 81.4 cm³/mol. The third-order valence-corrected chi connectivity index (χ3v) is 3.65. The van der Waals surface area contributed by atoms with Gasteiger partial charge in [0.25, 0.3) is 0 Å². The molecule has 0 radical (unpaired) electrons. The molecule has 1 heterocycles. The van der Waals surface area contributed by atoms with E-state index in [2.05, 4.69) is 73.4 Å². The number of hydrogen-bond acceptors (Lipinski definition) is 1. The van der Waals surface area contributed by atoms with Crippen molar-refractivity contribution < 1.29 is 0 Å². The van der Waals surface area contributed by atoms with Crippen LogP contribution in [0.1, 0.15) is 43.0 Å². The second-order valence-corrected chi connectivity index (χ2v) is 5.06. The molecule has 0 amide bonds. The molecule has 2 nitrogen and oxygen atoms in total. The molecule has 0 aliphatic heterocycles. The first-order valence-electron chi connectivity index (χ1n) is 7.18. The second kappa shape index (κ2) is 6.58. The molecular weight excluding hydrogens is 232 g/mol. The molecule has 0 fully saturated rings. The Bertz CT molecular complexity index is 513. The Labute approximate surface area is 116 Å². The van der Waals surface area contributed by atoms with Crippen LogP contribution in [0.4, 0.5) is 0 Å². The fraction of sp³-hybridized carbons (Fsp3) is 0.412. The SMILES string of the molecule is CCNC(CC)c1ccn(Cc2ccccc2C)c1. The standard InChI is InChI=1S/C17H24N2/c1-4-17(18-5-2)16-10-11-19(13-16)12-15-9-7-6-8-14(15)3/h6-11,13,17-18H,4-5,12H2,1-3H3. The van der Waals surface area contributed by atoms with E-state index in [9.17, 15) is 0 Å². The first-order chi connectivity index (χ1) is 9.24. The van der Waals surface area contributed by atoms with Crippen LogP contribution < -0.4 is 5.32 Å². The lowest BCUT2D eigenvalue weighted by Crippen LogP contribution is -2.19. The topological polar surface area (TPSA) is 17.0 Å². The molecule has 19 heavy (non-hydrogen) atoms. The zero-order chi connectivity index (χ0) is 13.7. The van der Waals surface area contributed by atoms with Crippen LogP contribution in [-0.4, -0.2) is 11.1 Å². The van der Waals surface area contributed by atoms with Gasteiger partial charge < -0.3 is 9.88 Å². The second-order valence-electron chi connectivity index (χ2n) is 5.06. The number of nitrogens with zero attached hydrogens (tertiary/aromatic N) is 1. The highest BCUT2D eigenvalue weighted by atomic mass is 15.0. The molecule has 2 heteroatoms. The molecule has 1 unspecified atom stereocenters. The van der Waals surface area contributed by atoms with Crippen LogP contribution in [0.25, 0.3) is 0 Å². The van der Waals surface area contributed by atoms with Gasteiger partial charge in [-0.15, -0.1) is 0 Å². The summed E-state index contributed by atoms with van der Waals surface area (Å²) in [5.41, 5.74) is 4.13. The normalized spacial score (nSPS) is 12.6. The van der Waals surface area contributed by atoms with E-state index in [-0.39, 0.29) is 0 Å². The van der Waals surface area contributed by atoms with Gasteiger partial charge in [0.05, 0.1) is 0 Å². The molecule has 2 rings (SSSR count). The Kier molecular flexibility index (Phi) is 4.80. The summed E-state index contributed by atoms with van der Waals surface area (Å²) in [4.78, 5) is 0. The van der Waals surface area contributed by atoms with E-state index in [0.717, 1.165) is 19.5 Å². The molecule has 0 spiro atoms. The van der Waals surface area contributed by atoms with Crippen LogP contribution in [-0.2, 0) is 6.54 Å². The van der Waals surface area contributed by atoms with E-state index in [1.807, 2.05) is 0 Å². The molecule has 0 saturated carbocycles. The Morgan fingerprint density at radius 1 is 1.16 bits per heavy atom. The molecule has 2 aromatic rings. The average molecular weight is 256 g/mol. The summed E-state index contributed by atoms with van der Waals surface area (Å²) >= 11 is 0. The quantitative estimate of drug-likeness (QED) is 0.829. The van der Waals surface area contributed by atoms with Crippen molar-refractivity contribution in [1.82, 2.24) is 9.88 Å². The van der Waals surface area contributed by atoms with E-state index in [1.54, 1.807) is 0 Å². The van der Waals surface area contributed by atoms with E-state index in [1.165, 1.54) is 16.7 Å². The van der Waals surface area contributed by atoms with Gasteiger partial charge in [-0.3, -0.25) is 0 Å². The Balaban J connectivity index is 2.11. The zero-order valence-electron chi connectivity index (χ0n) is 12.2. The first-order valence-corrected chi connectivity index (χ1v) is 7.18. The van der Waals surface area contributed by atoms with Crippen molar-refractivity contribution in [3.05, 3.63) is 59.4 Å². The summed E-state index contributed by atoms with van der Waals surface area (Å²) in [6.45, 7) is 8.53. The van der Waals surface area contributed by atoms with Crippen molar-refractivity contribution in [3.8, 4) is 0 Å². The first kappa shape index (κ1) is 13.9. The van der Waals surface area contributed by atoms with Crippen LogP contribution in [0.15, 0.2) is 42.7 Å². The Hall–Kier alpha value is -1.54. The summed E-state index contributed by atoms with van der Waals surface area (Å²) in [7, 11) is 0. The molecule has 0 saturated heterocycles. The maximum absolute atomic E-state index is 3.52. The predicted octanol–water partition coefficient (Wildman–Crippen LogP) is 3.91. The summed E-state index contributed by atoms with van der Waals surface area (Å²) in [5.74, 6) is 0. The van der Waals surface area contributed by atoms with Gasteiger partial charge >= 0.3 is 0 Å². The summed E-state index contributed by atoms with van der Waals surface area (Å²) in [5, 5.41) is 3.52. The minimum Gasteiger partial charge on any atom is -0.350 e. The largest absolute Gasteiger partial charge is 0.350 e. The number of aromatic nitrogens is 1. The van der Waals surface area contributed by atoms with Crippen LogP contribution in [0.2, 0.25) is 0 Å². The molecule has 0 bridgehead atoms. The highest BCUT2D eigenvalue weighted by Crippen LogP contribution is 2.18. The summed E-state index contributed by atoms with van der Waals surface area (Å²) < 4.78 is 2.28. The smallest absolute Gasteiger partial charge is 0.0472 e. The van der Waals surface area contributed by atoms with Crippen molar-refractivity contribution in [3.63, 3.8) is 0 Å². The van der Waals surface area contributed by atoms with Gasteiger partial charge in [0.2, 0.25) is 0 Å². The summed E-state index contributed by atoms with van der Waals surface area (Å²) in [6.07, 6.45) is 5.58. The molecule has 0 aliphatic carbocycles. The van der Waals surface area contributed by atoms with E-state index < -0.39 is 0 Å². The monoisotopic (exact) mass is 256 g/mol. The maximum Gasteiger partial charge on any atom is 0.0472 e. The van der Waals surface area contributed by atoms with Crippen LogP contribution in [0, 0.1) is 6.92 Å². The Morgan fingerprint density at radius 3 is 2.63 bits per heavy atom. The summed E-state index contributed by atoms with van der Waals surface area (Å²) in [6, 6.07) is 11.3. The lowest BCUT2D eigenvalue weighted by Gasteiger charge is -2.14. The van der Waals surface area contributed by atoms with E-state index in [4.69, 9.17) is 0 Å². The third-order valence-electron chi connectivity index (χ3n) is 3.65. The number of rotatable bonds is 6. The van der Waals surface area contributed by atoms with E-state index in [0.29, 0.717) is 6.04 Å². The maximum atomic E-state index is 3.52. The molecule has 102 valence electrons. The van der Waals surface area contributed by atoms with Crippen molar-refractivity contribution in [1.29, 1.82) is 0 Å². The molecule has 1 aromatic heterocycles. The van der Waals surface area contributed by atoms with E-state index >= 15 is 0 Å². The molecule has 1 N–H and O–H groups in total. The van der Waals surface area contributed by atoms with Crippen molar-refractivity contribution in [2.75, 3.05) is 6.54 Å². The molecule has 1 atom stereocenters. The fourth-order valence-electron chi connectivity index (χ4n) is 2.49. The fourth-order valence-corrected chi connectivity index (χ4v) is 2.49. The Morgan fingerprint density at radius 2 is 1.95 bits per heavy atom. The lowest BCUT2D eigenvalue weighted by molar-refractivity contribution is 0.536. The number of aryl methyl sites for hydroxylation is 1. The number of hydrogen-bond donors (Lipinski definition) is 1. The van der Waals surface area contributed by atoms with Gasteiger partial charge in [0.1, 0.15) is 0 Å². The minimum absolute atomic E-state index is 0.475. The zero-order valence-corrected chi connectivity index (χ0v) is 12.2. The van der Waals surface area contributed by atoms with Crippen LogP contribution >= 0.6 is 0 Å². The molecule has 1 aromatic carbocycles.